The molecule has 18 heavy (non-hydrogen) atoms. The highest BCUT2D eigenvalue weighted by atomic mass is 79.9. The highest BCUT2D eigenvalue weighted by Crippen LogP contribution is 2.26. The Balaban J connectivity index is 2.23. The lowest BCUT2D eigenvalue weighted by atomic mass is 10.3. The summed E-state index contributed by atoms with van der Waals surface area (Å²) < 4.78 is 1.05. The average Bonchev–Trinajstić information content (AvgIpc) is 2.74. The molecule has 2 rings (SSSR count). The Hall–Kier alpha value is -1.47. The van der Waals surface area contributed by atoms with E-state index in [2.05, 4.69) is 20.9 Å². The molecule has 5 nitrogen and oxygen atoms in total. The summed E-state index contributed by atoms with van der Waals surface area (Å²) in [5, 5.41) is 10.9. The zero-order valence-corrected chi connectivity index (χ0v) is 12.0. The Bertz CT molecular complexity index is 573. The predicted octanol–water partition coefficient (Wildman–Crippen LogP) is 2.87. The van der Waals surface area contributed by atoms with Gasteiger partial charge in [0.15, 0.2) is 0 Å². The topological polar surface area (TPSA) is 60.5 Å². The monoisotopic (exact) mass is 328 g/mol. The molecule has 0 fully saturated rings. The first-order valence-electron chi connectivity index (χ1n) is 5.18. The van der Waals surface area contributed by atoms with E-state index in [0.717, 1.165) is 8.66 Å². The van der Waals surface area contributed by atoms with E-state index in [1.807, 2.05) is 24.1 Å². The van der Waals surface area contributed by atoms with Crippen LogP contribution in [0.3, 0.4) is 0 Å². The first-order valence-corrected chi connectivity index (χ1v) is 6.79. The number of halogens is 1. The van der Waals surface area contributed by atoms with Crippen molar-refractivity contribution in [1.82, 2.24) is 0 Å². The summed E-state index contributed by atoms with van der Waals surface area (Å²) in [5.74, 6) is 0.507. The number of hydrogen-bond acceptors (Lipinski definition) is 4. The fourth-order valence-corrected chi connectivity index (χ4v) is 3.16. The SMILES string of the molecule is CN(Cc1ccc(Br)s1)c1[nH+]cccc1[N+](=O)[O-]. The summed E-state index contributed by atoms with van der Waals surface area (Å²) in [6.45, 7) is 0.623. The van der Waals surface area contributed by atoms with Crippen LogP contribution in [0.15, 0.2) is 34.2 Å². The van der Waals surface area contributed by atoms with Gasteiger partial charge in [0, 0.05) is 10.9 Å². The molecular weight excluding hydrogens is 318 g/mol. The highest BCUT2D eigenvalue weighted by molar-refractivity contribution is 9.11. The normalized spacial score (nSPS) is 10.3. The molecule has 0 saturated heterocycles. The average molecular weight is 329 g/mol. The number of anilines is 1. The fraction of sp³-hybridized carbons (Fsp3) is 0.182. The van der Waals surface area contributed by atoms with Crippen molar-refractivity contribution in [2.45, 2.75) is 6.54 Å². The Morgan fingerprint density at radius 1 is 1.50 bits per heavy atom. The van der Waals surface area contributed by atoms with E-state index >= 15 is 0 Å². The number of aromatic amines is 1. The van der Waals surface area contributed by atoms with Crippen LogP contribution < -0.4 is 9.88 Å². The minimum atomic E-state index is -0.382. The molecule has 0 aliphatic carbocycles. The van der Waals surface area contributed by atoms with Gasteiger partial charge in [-0.25, -0.2) is 4.98 Å². The minimum absolute atomic E-state index is 0.0793. The molecule has 0 atom stereocenters. The van der Waals surface area contributed by atoms with Crippen LogP contribution in [0, 0.1) is 10.1 Å². The highest BCUT2D eigenvalue weighted by Gasteiger charge is 2.24. The second-order valence-corrected chi connectivity index (χ2v) is 6.27. The summed E-state index contributed by atoms with van der Waals surface area (Å²) in [5.41, 5.74) is 0.0793. The minimum Gasteiger partial charge on any atom is -0.258 e. The third-order valence-corrected chi connectivity index (χ3v) is 4.02. The van der Waals surface area contributed by atoms with Crippen LogP contribution in [-0.4, -0.2) is 12.0 Å². The summed E-state index contributed by atoms with van der Waals surface area (Å²) >= 11 is 5.02. The molecule has 7 heteroatoms. The number of H-pyrrole nitrogens is 1. The summed E-state index contributed by atoms with van der Waals surface area (Å²) in [6, 6.07) is 7.08. The standard InChI is InChI=1S/C11H10BrN3O2S/c1-14(7-8-4-5-10(12)18-8)11-9(15(16)17)3-2-6-13-11/h2-6H,7H2,1H3/p+1. The van der Waals surface area contributed by atoms with Gasteiger partial charge in [0.1, 0.15) is 6.54 Å². The van der Waals surface area contributed by atoms with Crippen LogP contribution in [0.2, 0.25) is 0 Å². The van der Waals surface area contributed by atoms with Gasteiger partial charge in [-0.05, 0) is 34.1 Å². The van der Waals surface area contributed by atoms with Gasteiger partial charge >= 0.3 is 11.5 Å². The molecule has 0 aliphatic rings. The van der Waals surface area contributed by atoms with E-state index in [4.69, 9.17) is 0 Å². The fourth-order valence-electron chi connectivity index (χ4n) is 1.62. The van der Waals surface area contributed by atoms with Crippen molar-refractivity contribution in [1.29, 1.82) is 0 Å². The third-order valence-electron chi connectivity index (χ3n) is 2.41. The summed E-state index contributed by atoms with van der Waals surface area (Å²) in [4.78, 5) is 16.4. The maximum absolute atomic E-state index is 10.9. The van der Waals surface area contributed by atoms with Crippen LogP contribution in [0.4, 0.5) is 11.5 Å². The second kappa shape index (κ2) is 5.45. The van der Waals surface area contributed by atoms with Gasteiger partial charge in [-0.1, -0.05) is 0 Å². The molecule has 0 amide bonds. The molecule has 1 N–H and O–H groups in total. The number of hydrogen-bond donors (Lipinski definition) is 0. The number of thiophene rings is 1. The Kier molecular flexibility index (Phi) is 3.93. The Labute approximate surface area is 116 Å². The number of aromatic nitrogens is 1. The first-order chi connectivity index (χ1) is 8.58. The lowest BCUT2D eigenvalue weighted by Gasteiger charge is -2.09. The van der Waals surface area contributed by atoms with Crippen LogP contribution in [0.5, 0.6) is 0 Å². The Morgan fingerprint density at radius 3 is 2.89 bits per heavy atom. The molecule has 0 radical (unpaired) electrons. The molecule has 0 aliphatic heterocycles. The van der Waals surface area contributed by atoms with Crippen LogP contribution >= 0.6 is 27.3 Å². The van der Waals surface area contributed by atoms with Crippen LogP contribution in [0.25, 0.3) is 0 Å². The van der Waals surface area contributed by atoms with Crippen molar-refractivity contribution >= 4 is 38.8 Å². The third kappa shape index (κ3) is 2.85. The van der Waals surface area contributed by atoms with Crippen molar-refractivity contribution in [3.63, 3.8) is 0 Å². The predicted molar refractivity (Wildman–Crippen MR) is 73.8 cm³/mol. The Morgan fingerprint density at radius 2 is 2.28 bits per heavy atom. The van der Waals surface area contributed by atoms with Gasteiger partial charge in [0.05, 0.1) is 22.0 Å². The van der Waals surface area contributed by atoms with Crippen molar-refractivity contribution in [3.05, 3.63) is 49.2 Å². The van der Waals surface area contributed by atoms with E-state index in [1.54, 1.807) is 23.6 Å². The maximum Gasteiger partial charge on any atom is 0.357 e. The number of pyridine rings is 1. The molecule has 94 valence electrons. The van der Waals surface area contributed by atoms with Crippen molar-refractivity contribution in [3.8, 4) is 0 Å². The lowest BCUT2D eigenvalue weighted by Crippen LogP contribution is -2.25. The van der Waals surface area contributed by atoms with Crippen LogP contribution in [-0.2, 0) is 6.54 Å². The molecule has 2 heterocycles. The van der Waals surface area contributed by atoms with E-state index in [-0.39, 0.29) is 10.6 Å². The molecule has 0 unspecified atom stereocenters. The van der Waals surface area contributed by atoms with Gasteiger partial charge in [0.2, 0.25) is 0 Å². The van der Waals surface area contributed by atoms with Crippen LogP contribution in [0.1, 0.15) is 4.88 Å². The van der Waals surface area contributed by atoms with E-state index in [0.29, 0.717) is 12.4 Å². The van der Waals surface area contributed by atoms with Crippen molar-refractivity contribution in [2.75, 3.05) is 11.9 Å². The zero-order chi connectivity index (χ0) is 13.1. The molecule has 0 aromatic carbocycles. The van der Waals surface area contributed by atoms with E-state index in [1.165, 1.54) is 6.07 Å². The van der Waals surface area contributed by atoms with Gasteiger partial charge in [-0.2, -0.15) is 0 Å². The summed E-state index contributed by atoms with van der Waals surface area (Å²) in [6.07, 6.45) is 1.68. The number of nitrogens with one attached hydrogen (secondary N) is 1. The molecule has 0 saturated carbocycles. The molecule has 2 aromatic rings. The molecular formula is C11H11BrN3O2S+. The van der Waals surface area contributed by atoms with Crippen molar-refractivity contribution in [2.24, 2.45) is 0 Å². The lowest BCUT2D eigenvalue weighted by molar-refractivity contribution is -0.411. The number of nitro groups is 1. The molecule has 0 spiro atoms. The van der Waals surface area contributed by atoms with Gasteiger partial charge in [-0.15, -0.1) is 11.3 Å². The smallest absolute Gasteiger partial charge is 0.258 e. The van der Waals surface area contributed by atoms with Gasteiger partial charge < -0.3 is 0 Å². The largest absolute Gasteiger partial charge is 0.357 e. The second-order valence-electron chi connectivity index (χ2n) is 3.72. The number of rotatable bonds is 4. The van der Waals surface area contributed by atoms with Gasteiger partial charge in [0.25, 0.3) is 0 Å². The molecule has 2 aromatic heterocycles. The van der Waals surface area contributed by atoms with Crippen molar-refractivity contribution < 1.29 is 9.91 Å². The zero-order valence-electron chi connectivity index (χ0n) is 9.59. The number of nitrogens with zero attached hydrogens (tertiary/aromatic N) is 2. The van der Waals surface area contributed by atoms with E-state index < -0.39 is 0 Å². The summed E-state index contributed by atoms with van der Waals surface area (Å²) in [7, 11) is 1.83. The molecule has 0 bridgehead atoms. The maximum atomic E-state index is 10.9. The first kappa shape index (κ1) is 13.0. The van der Waals surface area contributed by atoms with Gasteiger partial charge in [-0.3, -0.25) is 15.0 Å². The quantitative estimate of drug-likeness (QED) is 0.640. The van der Waals surface area contributed by atoms with E-state index in [9.17, 15) is 10.1 Å².